The summed E-state index contributed by atoms with van der Waals surface area (Å²) in [4.78, 5) is 24.0. The van der Waals surface area contributed by atoms with Gasteiger partial charge in [-0.05, 0) is 30.3 Å². The van der Waals surface area contributed by atoms with Gasteiger partial charge in [-0.1, -0.05) is 11.6 Å². The highest BCUT2D eigenvalue weighted by molar-refractivity contribution is 7.92. The average molecular weight is 441 g/mol. The number of methoxy groups -OCH3 is 1. The summed E-state index contributed by atoms with van der Waals surface area (Å²) in [5.74, 6) is -0.331. The molecule has 0 spiro atoms. The van der Waals surface area contributed by atoms with E-state index in [1.807, 2.05) is 0 Å². The minimum atomic E-state index is -3.76. The highest BCUT2D eigenvalue weighted by Gasteiger charge is 2.24. The molecule has 29 heavy (non-hydrogen) atoms. The first-order chi connectivity index (χ1) is 13.7. The lowest BCUT2D eigenvalue weighted by Gasteiger charge is -2.22. The molecular formula is C18H17ClN2O7S. The van der Waals surface area contributed by atoms with E-state index in [1.165, 1.54) is 37.4 Å². The zero-order valence-corrected chi connectivity index (χ0v) is 17.0. The van der Waals surface area contributed by atoms with Crippen LogP contribution in [0.4, 0.5) is 11.4 Å². The number of anilines is 2. The summed E-state index contributed by atoms with van der Waals surface area (Å²) in [5.41, 5.74) is 0.697. The molecule has 1 amide bonds. The molecule has 154 valence electrons. The van der Waals surface area contributed by atoms with Crippen LogP contribution in [0.25, 0.3) is 0 Å². The molecule has 0 atom stereocenters. The number of ether oxygens (including phenoxy) is 3. The first-order valence-corrected chi connectivity index (χ1v) is 10.5. The Labute approximate surface area is 172 Å². The molecule has 1 aliphatic rings. The normalized spacial score (nSPS) is 12.4. The largest absolute Gasteiger partial charge is 0.465 e. The Balaban J connectivity index is 1.78. The SMILES string of the molecule is COC(=O)c1ccc(NC(=O)CN(c2ccc3c(c2)OCO3)S(C)(=O)=O)cc1Cl. The fraction of sp³-hybridized carbons (Fsp3) is 0.222. The summed E-state index contributed by atoms with van der Waals surface area (Å²) < 4.78 is 40.5. The zero-order valence-electron chi connectivity index (χ0n) is 15.5. The first kappa shape index (κ1) is 20.7. The molecule has 2 aromatic rings. The number of nitrogens with one attached hydrogen (secondary N) is 1. The number of carbonyl (C=O) groups is 2. The lowest BCUT2D eigenvalue weighted by molar-refractivity contribution is -0.114. The number of nitrogens with zero attached hydrogens (tertiary/aromatic N) is 1. The quantitative estimate of drug-likeness (QED) is 0.685. The maximum Gasteiger partial charge on any atom is 0.339 e. The van der Waals surface area contributed by atoms with Gasteiger partial charge in [0.2, 0.25) is 22.7 Å². The molecule has 0 unspecified atom stereocenters. The van der Waals surface area contributed by atoms with Gasteiger partial charge in [-0.15, -0.1) is 0 Å². The summed E-state index contributed by atoms with van der Waals surface area (Å²) in [6, 6.07) is 8.80. The van der Waals surface area contributed by atoms with Crippen molar-refractivity contribution in [2.24, 2.45) is 0 Å². The van der Waals surface area contributed by atoms with Crippen molar-refractivity contribution in [3.05, 3.63) is 47.0 Å². The van der Waals surface area contributed by atoms with Crippen LogP contribution in [0, 0.1) is 0 Å². The van der Waals surface area contributed by atoms with Gasteiger partial charge in [0.05, 0.1) is 29.6 Å². The van der Waals surface area contributed by atoms with E-state index in [2.05, 4.69) is 10.1 Å². The van der Waals surface area contributed by atoms with Gasteiger partial charge in [-0.25, -0.2) is 13.2 Å². The van der Waals surface area contributed by atoms with Crippen LogP contribution in [0.2, 0.25) is 5.02 Å². The number of sulfonamides is 1. The van der Waals surface area contributed by atoms with Crippen LogP contribution in [0.5, 0.6) is 11.5 Å². The minimum Gasteiger partial charge on any atom is -0.465 e. The van der Waals surface area contributed by atoms with Gasteiger partial charge in [-0.3, -0.25) is 9.10 Å². The standard InChI is InChI=1S/C18H17ClN2O7S/c1-26-18(23)13-5-3-11(7-14(13)19)20-17(22)9-21(29(2,24)25)12-4-6-15-16(8-12)28-10-27-15/h3-8H,9-10H2,1-2H3,(H,20,22). The van der Waals surface area contributed by atoms with E-state index in [9.17, 15) is 18.0 Å². The Morgan fingerprint density at radius 2 is 1.90 bits per heavy atom. The van der Waals surface area contributed by atoms with Crippen molar-refractivity contribution in [3.8, 4) is 11.5 Å². The topological polar surface area (TPSA) is 111 Å². The Hall–Kier alpha value is -2.98. The number of rotatable bonds is 6. The molecular weight excluding hydrogens is 424 g/mol. The van der Waals surface area contributed by atoms with Crippen molar-refractivity contribution in [2.75, 3.05) is 36.3 Å². The van der Waals surface area contributed by atoms with E-state index in [1.54, 1.807) is 6.07 Å². The number of amides is 1. The maximum atomic E-state index is 12.5. The predicted molar refractivity (Wildman–Crippen MR) is 106 cm³/mol. The van der Waals surface area contributed by atoms with Crippen LogP contribution in [0.3, 0.4) is 0 Å². The number of carbonyl (C=O) groups excluding carboxylic acids is 2. The number of hydrogen-bond donors (Lipinski definition) is 1. The Morgan fingerprint density at radius 1 is 1.17 bits per heavy atom. The second-order valence-electron chi connectivity index (χ2n) is 6.04. The van der Waals surface area contributed by atoms with Gasteiger partial charge < -0.3 is 19.5 Å². The van der Waals surface area contributed by atoms with Gasteiger partial charge >= 0.3 is 5.97 Å². The lowest BCUT2D eigenvalue weighted by Crippen LogP contribution is -2.37. The van der Waals surface area contributed by atoms with Crippen molar-refractivity contribution in [1.82, 2.24) is 0 Å². The van der Waals surface area contributed by atoms with E-state index in [-0.39, 0.29) is 23.1 Å². The highest BCUT2D eigenvalue weighted by Crippen LogP contribution is 2.36. The van der Waals surface area contributed by atoms with Crippen molar-refractivity contribution in [2.45, 2.75) is 0 Å². The summed E-state index contributed by atoms with van der Waals surface area (Å²) in [6.07, 6.45) is 0.993. The third kappa shape index (κ3) is 4.72. The Morgan fingerprint density at radius 3 is 2.55 bits per heavy atom. The number of hydrogen-bond acceptors (Lipinski definition) is 7. The molecule has 0 fully saturated rings. The maximum absolute atomic E-state index is 12.5. The van der Waals surface area contributed by atoms with E-state index >= 15 is 0 Å². The Kier molecular flexibility index (Phi) is 5.85. The first-order valence-electron chi connectivity index (χ1n) is 8.24. The number of halogens is 1. The van der Waals surface area contributed by atoms with E-state index in [0.29, 0.717) is 17.2 Å². The number of esters is 1. The average Bonchev–Trinajstić information content (AvgIpc) is 3.12. The van der Waals surface area contributed by atoms with Crippen LogP contribution >= 0.6 is 11.6 Å². The van der Waals surface area contributed by atoms with E-state index < -0.39 is 28.4 Å². The van der Waals surface area contributed by atoms with Crippen LogP contribution in [-0.2, 0) is 19.6 Å². The summed E-state index contributed by atoms with van der Waals surface area (Å²) in [5, 5.41) is 2.64. The molecule has 0 aliphatic carbocycles. The molecule has 0 radical (unpaired) electrons. The molecule has 0 bridgehead atoms. The summed E-state index contributed by atoms with van der Waals surface area (Å²) >= 11 is 6.03. The van der Waals surface area contributed by atoms with Crippen LogP contribution < -0.4 is 19.1 Å². The molecule has 9 nitrogen and oxygen atoms in total. The van der Waals surface area contributed by atoms with Gasteiger partial charge in [0.1, 0.15) is 6.54 Å². The third-order valence-electron chi connectivity index (χ3n) is 3.99. The van der Waals surface area contributed by atoms with Gasteiger partial charge in [-0.2, -0.15) is 0 Å². The van der Waals surface area contributed by atoms with Crippen molar-refractivity contribution in [3.63, 3.8) is 0 Å². The molecule has 1 aliphatic heterocycles. The molecule has 2 aromatic carbocycles. The molecule has 1 N–H and O–H groups in total. The van der Waals surface area contributed by atoms with Crippen molar-refractivity contribution < 1.29 is 32.2 Å². The molecule has 3 rings (SSSR count). The fourth-order valence-electron chi connectivity index (χ4n) is 2.64. The fourth-order valence-corrected chi connectivity index (χ4v) is 3.75. The van der Waals surface area contributed by atoms with Crippen molar-refractivity contribution in [1.29, 1.82) is 0 Å². The lowest BCUT2D eigenvalue weighted by atomic mass is 10.2. The molecule has 11 heteroatoms. The predicted octanol–water partition coefficient (Wildman–Crippen LogP) is 2.26. The number of benzene rings is 2. The molecule has 1 heterocycles. The second kappa shape index (κ2) is 8.18. The second-order valence-corrected chi connectivity index (χ2v) is 8.36. The minimum absolute atomic E-state index is 0.0421. The molecule has 0 saturated heterocycles. The summed E-state index contributed by atoms with van der Waals surface area (Å²) in [6.45, 7) is -0.435. The smallest absolute Gasteiger partial charge is 0.339 e. The molecule has 0 aromatic heterocycles. The number of fused-ring (bicyclic) bond motifs is 1. The van der Waals surface area contributed by atoms with E-state index in [4.69, 9.17) is 21.1 Å². The summed E-state index contributed by atoms with van der Waals surface area (Å²) in [7, 11) is -2.54. The van der Waals surface area contributed by atoms with Gasteiger partial charge in [0, 0.05) is 11.8 Å². The van der Waals surface area contributed by atoms with Crippen molar-refractivity contribution >= 4 is 44.9 Å². The van der Waals surface area contributed by atoms with Gasteiger partial charge in [0.15, 0.2) is 11.5 Å². The zero-order chi connectivity index (χ0) is 21.2. The van der Waals surface area contributed by atoms with E-state index in [0.717, 1.165) is 10.6 Å². The van der Waals surface area contributed by atoms with Crippen LogP contribution in [-0.4, -0.2) is 47.0 Å². The monoisotopic (exact) mass is 440 g/mol. The van der Waals surface area contributed by atoms with Crippen LogP contribution in [0.1, 0.15) is 10.4 Å². The Bertz CT molecular complexity index is 1070. The highest BCUT2D eigenvalue weighted by atomic mass is 35.5. The van der Waals surface area contributed by atoms with Gasteiger partial charge in [0.25, 0.3) is 0 Å². The third-order valence-corrected chi connectivity index (χ3v) is 5.44. The molecule has 0 saturated carbocycles. The van der Waals surface area contributed by atoms with Crippen LogP contribution in [0.15, 0.2) is 36.4 Å².